The quantitative estimate of drug-likeness (QED) is 0.691. The van der Waals surface area contributed by atoms with Gasteiger partial charge in [0.2, 0.25) is 0 Å². The number of hydrogen-bond acceptors (Lipinski definition) is 0. The largest absolute Gasteiger partial charge is 0.0625 e. The first-order valence-corrected chi connectivity index (χ1v) is 7.51. The first kappa shape index (κ1) is 13.2. The normalized spacial score (nSPS) is 17.2. The Labute approximate surface area is 122 Å². The van der Waals surface area contributed by atoms with Gasteiger partial charge in [-0.25, -0.2) is 0 Å². The molecule has 0 aromatic heterocycles. The van der Waals surface area contributed by atoms with Crippen LogP contribution in [-0.2, 0) is 6.42 Å². The van der Waals surface area contributed by atoms with E-state index in [1.165, 1.54) is 27.8 Å². The standard InChI is InChI=1S/C20H22/c1-14(2)11-16-9-10-19-18(13-16)12-15(3)20(19)17-7-5-4-6-8-17/h4-10,12-14,20H,11H2,1-3H3. The fraction of sp³-hybridized carbons (Fsp3) is 0.300. The van der Waals surface area contributed by atoms with Crippen molar-refractivity contribution in [2.45, 2.75) is 33.1 Å². The zero-order chi connectivity index (χ0) is 14.1. The Hall–Kier alpha value is -1.82. The Morgan fingerprint density at radius 1 is 1.00 bits per heavy atom. The lowest BCUT2D eigenvalue weighted by Crippen LogP contribution is -2.00. The zero-order valence-electron chi connectivity index (χ0n) is 12.6. The molecule has 1 aliphatic rings. The number of allylic oxidation sites excluding steroid dienone is 1. The van der Waals surface area contributed by atoms with Crippen LogP contribution in [0.15, 0.2) is 54.1 Å². The van der Waals surface area contributed by atoms with Crippen molar-refractivity contribution in [3.8, 4) is 0 Å². The topological polar surface area (TPSA) is 0 Å². The second kappa shape index (κ2) is 5.28. The van der Waals surface area contributed by atoms with Crippen LogP contribution in [-0.4, -0.2) is 0 Å². The summed E-state index contributed by atoms with van der Waals surface area (Å²) in [6, 6.07) is 17.8. The Kier molecular flexibility index (Phi) is 3.48. The van der Waals surface area contributed by atoms with Gasteiger partial charge in [0.05, 0.1) is 0 Å². The molecule has 0 fully saturated rings. The van der Waals surface area contributed by atoms with Gasteiger partial charge in [-0.15, -0.1) is 0 Å². The molecule has 1 unspecified atom stereocenters. The highest BCUT2D eigenvalue weighted by Crippen LogP contribution is 2.41. The zero-order valence-corrected chi connectivity index (χ0v) is 12.6. The number of benzene rings is 2. The highest BCUT2D eigenvalue weighted by atomic mass is 14.3. The van der Waals surface area contributed by atoms with Crippen molar-refractivity contribution >= 4 is 6.08 Å². The minimum Gasteiger partial charge on any atom is -0.0625 e. The highest BCUT2D eigenvalue weighted by Gasteiger charge is 2.23. The second-order valence-corrected chi connectivity index (χ2v) is 6.29. The molecule has 3 rings (SSSR count). The molecule has 0 heteroatoms. The van der Waals surface area contributed by atoms with Crippen LogP contribution >= 0.6 is 0 Å². The minimum atomic E-state index is 0.444. The van der Waals surface area contributed by atoms with Crippen LogP contribution < -0.4 is 0 Å². The van der Waals surface area contributed by atoms with Crippen LogP contribution in [0, 0.1) is 5.92 Å². The molecule has 0 saturated carbocycles. The molecule has 0 aliphatic heterocycles. The molecule has 0 spiro atoms. The van der Waals surface area contributed by atoms with Gasteiger partial charge in [-0.2, -0.15) is 0 Å². The fourth-order valence-corrected chi connectivity index (χ4v) is 3.27. The minimum absolute atomic E-state index is 0.444. The maximum atomic E-state index is 2.38. The third-order valence-corrected chi connectivity index (χ3v) is 4.08. The summed E-state index contributed by atoms with van der Waals surface area (Å²) in [5, 5.41) is 0. The molecule has 0 nitrogen and oxygen atoms in total. The predicted molar refractivity (Wildman–Crippen MR) is 86.9 cm³/mol. The maximum Gasteiger partial charge on any atom is 0.0305 e. The molecule has 0 saturated heterocycles. The summed E-state index contributed by atoms with van der Waals surface area (Å²) in [7, 11) is 0. The van der Waals surface area contributed by atoms with E-state index in [9.17, 15) is 0 Å². The van der Waals surface area contributed by atoms with Gasteiger partial charge >= 0.3 is 0 Å². The molecule has 102 valence electrons. The van der Waals surface area contributed by atoms with Gasteiger partial charge in [-0.05, 0) is 41.5 Å². The van der Waals surface area contributed by atoms with E-state index >= 15 is 0 Å². The molecule has 2 aromatic carbocycles. The van der Waals surface area contributed by atoms with Crippen LogP contribution in [0.5, 0.6) is 0 Å². The van der Waals surface area contributed by atoms with Gasteiger partial charge in [0.25, 0.3) is 0 Å². The van der Waals surface area contributed by atoms with E-state index in [0.717, 1.165) is 6.42 Å². The lowest BCUT2D eigenvalue weighted by atomic mass is 9.88. The van der Waals surface area contributed by atoms with E-state index in [0.29, 0.717) is 11.8 Å². The molecule has 0 N–H and O–H groups in total. The lowest BCUT2D eigenvalue weighted by molar-refractivity contribution is 0.647. The second-order valence-electron chi connectivity index (χ2n) is 6.29. The van der Waals surface area contributed by atoms with E-state index in [2.05, 4.69) is 75.4 Å². The smallest absolute Gasteiger partial charge is 0.0305 e. The van der Waals surface area contributed by atoms with Crippen molar-refractivity contribution in [1.82, 2.24) is 0 Å². The molecule has 0 radical (unpaired) electrons. The van der Waals surface area contributed by atoms with Crippen molar-refractivity contribution in [1.29, 1.82) is 0 Å². The van der Waals surface area contributed by atoms with E-state index < -0.39 is 0 Å². The molecule has 0 amide bonds. The van der Waals surface area contributed by atoms with Crippen LogP contribution in [0.25, 0.3) is 6.08 Å². The molecular formula is C20H22. The highest BCUT2D eigenvalue weighted by molar-refractivity contribution is 5.69. The molecule has 0 heterocycles. The van der Waals surface area contributed by atoms with Crippen molar-refractivity contribution in [2.24, 2.45) is 5.92 Å². The Balaban J connectivity index is 1.99. The van der Waals surface area contributed by atoms with Crippen LogP contribution in [0.4, 0.5) is 0 Å². The Morgan fingerprint density at radius 3 is 2.45 bits per heavy atom. The van der Waals surface area contributed by atoms with Gasteiger partial charge in [0.1, 0.15) is 0 Å². The first-order valence-electron chi connectivity index (χ1n) is 7.51. The van der Waals surface area contributed by atoms with E-state index in [1.54, 1.807) is 0 Å². The third kappa shape index (κ3) is 2.43. The molecule has 2 aromatic rings. The summed E-state index contributed by atoms with van der Waals surface area (Å²) in [6.45, 7) is 6.81. The van der Waals surface area contributed by atoms with Crippen molar-refractivity contribution in [2.75, 3.05) is 0 Å². The SMILES string of the molecule is CC1=Cc2cc(CC(C)C)ccc2C1c1ccccc1. The van der Waals surface area contributed by atoms with Crippen molar-refractivity contribution in [3.63, 3.8) is 0 Å². The average Bonchev–Trinajstić information content (AvgIpc) is 2.74. The summed E-state index contributed by atoms with van der Waals surface area (Å²) < 4.78 is 0. The molecule has 1 atom stereocenters. The summed E-state index contributed by atoms with van der Waals surface area (Å²) in [6.07, 6.45) is 3.52. The molecule has 20 heavy (non-hydrogen) atoms. The summed E-state index contributed by atoms with van der Waals surface area (Å²) >= 11 is 0. The van der Waals surface area contributed by atoms with Gasteiger partial charge in [0, 0.05) is 5.92 Å². The number of fused-ring (bicyclic) bond motifs is 1. The predicted octanol–water partition coefficient (Wildman–Crippen LogP) is 5.43. The van der Waals surface area contributed by atoms with Gasteiger partial charge in [-0.3, -0.25) is 0 Å². The number of rotatable bonds is 3. The third-order valence-electron chi connectivity index (χ3n) is 4.08. The van der Waals surface area contributed by atoms with Crippen LogP contribution in [0.1, 0.15) is 48.9 Å². The molecular weight excluding hydrogens is 240 g/mol. The average molecular weight is 262 g/mol. The lowest BCUT2D eigenvalue weighted by Gasteiger charge is -2.15. The molecule has 0 bridgehead atoms. The maximum absolute atomic E-state index is 2.38. The van der Waals surface area contributed by atoms with Crippen molar-refractivity contribution in [3.05, 3.63) is 76.4 Å². The van der Waals surface area contributed by atoms with Crippen molar-refractivity contribution < 1.29 is 0 Å². The van der Waals surface area contributed by atoms with Gasteiger partial charge < -0.3 is 0 Å². The summed E-state index contributed by atoms with van der Waals surface area (Å²) in [5.41, 5.74) is 7.18. The monoisotopic (exact) mass is 262 g/mol. The fourth-order valence-electron chi connectivity index (χ4n) is 3.27. The molecule has 1 aliphatic carbocycles. The van der Waals surface area contributed by atoms with Gasteiger partial charge in [0.15, 0.2) is 0 Å². The Bertz CT molecular complexity index is 632. The number of hydrogen-bond donors (Lipinski definition) is 0. The van der Waals surface area contributed by atoms with E-state index in [1.807, 2.05) is 0 Å². The van der Waals surface area contributed by atoms with E-state index in [4.69, 9.17) is 0 Å². The van der Waals surface area contributed by atoms with Crippen LogP contribution in [0.2, 0.25) is 0 Å². The van der Waals surface area contributed by atoms with E-state index in [-0.39, 0.29) is 0 Å². The van der Waals surface area contributed by atoms with Gasteiger partial charge in [-0.1, -0.05) is 74.0 Å². The van der Waals surface area contributed by atoms with Crippen LogP contribution in [0.3, 0.4) is 0 Å². The Morgan fingerprint density at radius 2 is 1.75 bits per heavy atom. The summed E-state index contributed by atoms with van der Waals surface area (Å²) in [4.78, 5) is 0. The summed E-state index contributed by atoms with van der Waals surface area (Å²) in [5.74, 6) is 1.16. The first-order chi connectivity index (χ1) is 9.65.